The van der Waals surface area contributed by atoms with Crippen molar-refractivity contribution in [2.45, 2.75) is 52.6 Å². The first-order valence-electron chi connectivity index (χ1n) is 7.63. The first kappa shape index (κ1) is 14.3. The van der Waals surface area contributed by atoms with Gasteiger partial charge < -0.3 is 10.2 Å². The number of hydrogen-bond donors (Lipinski definition) is 1. The molecule has 0 aliphatic heterocycles. The minimum absolute atomic E-state index is 0.680. The molecule has 1 heterocycles. The predicted octanol–water partition coefficient (Wildman–Crippen LogP) is 3.21. The molecule has 106 valence electrons. The van der Waals surface area contributed by atoms with E-state index >= 15 is 0 Å². The Hall–Kier alpha value is -1.09. The van der Waals surface area contributed by atoms with Gasteiger partial charge >= 0.3 is 0 Å². The Morgan fingerprint density at radius 2 is 2.21 bits per heavy atom. The lowest BCUT2D eigenvalue weighted by molar-refractivity contribution is 0.597. The Morgan fingerprint density at radius 3 is 2.84 bits per heavy atom. The first-order valence-corrected chi connectivity index (χ1v) is 7.63. The van der Waals surface area contributed by atoms with Gasteiger partial charge in [0.05, 0.1) is 0 Å². The molecule has 1 fully saturated rings. The fourth-order valence-corrected chi connectivity index (χ4v) is 2.41. The van der Waals surface area contributed by atoms with Crippen molar-refractivity contribution in [2.75, 3.05) is 18.0 Å². The second kappa shape index (κ2) is 6.90. The number of rotatable bonds is 8. The van der Waals surface area contributed by atoms with Crippen molar-refractivity contribution in [3.8, 4) is 0 Å². The maximum atomic E-state index is 4.66. The lowest BCUT2D eigenvalue weighted by Gasteiger charge is -2.27. The summed E-state index contributed by atoms with van der Waals surface area (Å²) in [6.45, 7) is 9.88. The molecular weight excluding hydrogens is 234 g/mol. The summed E-state index contributed by atoms with van der Waals surface area (Å²) in [4.78, 5) is 7.18. The molecule has 1 aliphatic carbocycles. The van der Waals surface area contributed by atoms with Gasteiger partial charge in [0, 0.05) is 30.9 Å². The summed E-state index contributed by atoms with van der Waals surface area (Å²) in [5.74, 6) is 1.88. The van der Waals surface area contributed by atoms with E-state index in [1.165, 1.54) is 30.6 Å². The molecular formula is C16H27N3. The average molecular weight is 261 g/mol. The topological polar surface area (TPSA) is 28.2 Å². The summed E-state index contributed by atoms with van der Waals surface area (Å²) in [6.07, 6.45) is 5.75. The van der Waals surface area contributed by atoms with Gasteiger partial charge in [0.15, 0.2) is 0 Å². The van der Waals surface area contributed by atoms with Gasteiger partial charge in [0.25, 0.3) is 0 Å². The summed E-state index contributed by atoms with van der Waals surface area (Å²) in [5, 5.41) is 3.49. The van der Waals surface area contributed by atoms with Gasteiger partial charge in [-0.25, -0.2) is 4.98 Å². The van der Waals surface area contributed by atoms with E-state index < -0.39 is 0 Å². The quantitative estimate of drug-likeness (QED) is 0.728. The summed E-state index contributed by atoms with van der Waals surface area (Å²) in [7, 11) is 0. The molecule has 19 heavy (non-hydrogen) atoms. The van der Waals surface area contributed by atoms with Crippen molar-refractivity contribution in [1.82, 2.24) is 10.3 Å². The Bertz CT molecular complexity index is 385. The molecule has 1 aromatic heterocycles. The molecule has 0 unspecified atom stereocenters. The van der Waals surface area contributed by atoms with Crippen LogP contribution in [0.4, 0.5) is 5.82 Å². The van der Waals surface area contributed by atoms with Crippen LogP contribution >= 0.6 is 0 Å². The molecule has 0 atom stereocenters. The van der Waals surface area contributed by atoms with Gasteiger partial charge in [-0.2, -0.15) is 0 Å². The minimum atomic E-state index is 0.680. The average Bonchev–Trinajstić information content (AvgIpc) is 3.21. The molecule has 0 saturated heterocycles. The van der Waals surface area contributed by atoms with Gasteiger partial charge in [0.1, 0.15) is 5.82 Å². The number of anilines is 1. The lowest BCUT2D eigenvalue weighted by atomic mass is 10.1. The van der Waals surface area contributed by atoms with Gasteiger partial charge in [0.2, 0.25) is 0 Å². The van der Waals surface area contributed by atoms with Crippen LogP contribution in [0.2, 0.25) is 0 Å². The molecule has 0 spiro atoms. The number of pyridine rings is 1. The number of nitrogens with one attached hydrogen (secondary N) is 1. The zero-order chi connectivity index (χ0) is 13.7. The van der Waals surface area contributed by atoms with Crippen LogP contribution in [0, 0.1) is 5.92 Å². The van der Waals surface area contributed by atoms with E-state index in [9.17, 15) is 0 Å². The highest BCUT2D eigenvalue weighted by atomic mass is 15.2. The molecule has 2 rings (SSSR count). The highest BCUT2D eigenvalue weighted by Gasteiger charge is 2.31. The van der Waals surface area contributed by atoms with E-state index in [2.05, 4.69) is 42.0 Å². The van der Waals surface area contributed by atoms with E-state index in [0.717, 1.165) is 25.7 Å². The van der Waals surface area contributed by atoms with E-state index in [-0.39, 0.29) is 0 Å². The Labute approximate surface area is 117 Å². The van der Waals surface area contributed by atoms with Crippen LogP contribution < -0.4 is 10.2 Å². The van der Waals surface area contributed by atoms with Crippen molar-refractivity contribution < 1.29 is 0 Å². The van der Waals surface area contributed by atoms with Crippen molar-refractivity contribution in [3.63, 3.8) is 0 Å². The third-order valence-electron chi connectivity index (χ3n) is 3.43. The molecule has 0 radical (unpaired) electrons. The predicted molar refractivity (Wildman–Crippen MR) is 81.4 cm³/mol. The molecule has 1 saturated carbocycles. The second-order valence-electron chi connectivity index (χ2n) is 5.94. The maximum Gasteiger partial charge on any atom is 0.133 e. The first-order chi connectivity index (χ1) is 9.22. The Morgan fingerprint density at radius 1 is 1.42 bits per heavy atom. The van der Waals surface area contributed by atoms with Gasteiger partial charge in [-0.1, -0.05) is 26.8 Å². The van der Waals surface area contributed by atoms with Gasteiger partial charge in [-0.15, -0.1) is 0 Å². The highest BCUT2D eigenvalue weighted by molar-refractivity contribution is 5.49. The fourth-order valence-electron chi connectivity index (χ4n) is 2.41. The molecule has 3 heteroatoms. The third-order valence-corrected chi connectivity index (χ3v) is 3.43. The molecule has 3 nitrogen and oxygen atoms in total. The van der Waals surface area contributed by atoms with Crippen molar-refractivity contribution >= 4 is 5.82 Å². The normalized spacial score (nSPS) is 14.9. The summed E-state index contributed by atoms with van der Waals surface area (Å²) in [5.41, 5.74) is 1.34. The molecule has 1 aliphatic rings. The fraction of sp³-hybridized carbons (Fsp3) is 0.688. The lowest BCUT2D eigenvalue weighted by Crippen LogP contribution is -2.32. The van der Waals surface area contributed by atoms with E-state index in [1.54, 1.807) is 0 Å². The van der Waals surface area contributed by atoms with Gasteiger partial charge in [-0.05, 0) is 37.8 Å². The standard InChI is InChI=1S/C16H27N3/c1-4-9-17-11-14-6-5-10-18-16(14)19(12-13(2)3)15-7-8-15/h5-6,10,13,15,17H,4,7-9,11-12H2,1-3H3. The number of nitrogens with zero attached hydrogens (tertiary/aromatic N) is 2. The molecule has 1 N–H and O–H groups in total. The van der Waals surface area contributed by atoms with Crippen LogP contribution in [0.1, 0.15) is 45.6 Å². The maximum absolute atomic E-state index is 4.66. The van der Waals surface area contributed by atoms with Crippen LogP contribution in [0.15, 0.2) is 18.3 Å². The zero-order valence-electron chi connectivity index (χ0n) is 12.5. The van der Waals surface area contributed by atoms with Crippen LogP contribution in [-0.4, -0.2) is 24.1 Å². The second-order valence-corrected chi connectivity index (χ2v) is 5.94. The largest absolute Gasteiger partial charge is 0.353 e. The summed E-state index contributed by atoms with van der Waals surface area (Å²) >= 11 is 0. The molecule has 1 aromatic rings. The third kappa shape index (κ3) is 4.20. The number of aromatic nitrogens is 1. The van der Waals surface area contributed by atoms with Crippen LogP contribution in [0.25, 0.3) is 0 Å². The smallest absolute Gasteiger partial charge is 0.133 e. The van der Waals surface area contributed by atoms with E-state index in [4.69, 9.17) is 0 Å². The number of hydrogen-bond acceptors (Lipinski definition) is 3. The van der Waals surface area contributed by atoms with Crippen LogP contribution in [-0.2, 0) is 6.54 Å². The van der Waals surface area contributed by atoms with Crippen molar-refractivity contribution in [2.24, 2.45) is 5.92 Å². The highest BCUT2D eigenvalue weighted by Crippen LogP contribution is 2.32. The molecule has 0 aromatic carbocycles. The summed E-state index contributed by atoms with van der Waals surface area (Å²) in [6, 6.07) is 4.98. The monoisotopic (exact) mass is 261 g/mol. The van der Waals surface area contributed by atoms with Crippen LogP contribution in [0.3, 0.4) is 0 Å². The van der Waals surface area contributed by atoms with Crippen molar-refractivity contribution in [3.05, 3.63) is 23.9 Å². The van der Waals surface area contributed by atoms with Crippen LogP contribution in [0.5, 0.6) is 0 Å². The molecule has 0 bridgehead atoms. The summed E-state index contributed by atoms with van der Waals surface area (Å²) < 4.78 is 0. The SMILES string of the molecule is CCCNCc1cccnc1N(CC(C)C)C1CC1. The molecule has 0 amide bonds. The van der Waals surface area contributed by atoms with Crippen molar-refractivity contribution in [1.29, 1.82) is 0 Å². The Kier molecular flexibility index (Phi) is 5.20. The zero-order valence-corrected chi connectivity index (χ0v) is 12.5. The van der Waals surface area contributed by atoms with E-state index in [1.807, 2.05) is 12.3 Å². The Balaban J connectivity index is 2.11. The van der Waals surface area contributed by atoms with Gasteiger partial charge in [-0.3, -0.25) is 0 Å². The minimum Gasteiger partial charge on any atom is -0.353 e. The van der Waals surface area contributed by atoms with E-state index in [0.29, 0.717) is 5.92 Å².